The van der Waals surface area contributed by atoms with Gasteiger partial charge < -0.3 is 9.64 Å². The van der Waals surface area contributed by atoms with Crippen LogP contribution in [-0.4, -0.2) is 31.2 Å². The van der Waals surface area contributed by atoms with Crippen LogP contribution >= 0.6 is 0 Å². The quantitative estimate of drug-likeness (QED) is 0.725. The lowest BCUT2D eigenvalue weighted by Gasteiger charge is -2.15. The summed E-state index contributed by atoms with van der Waals surface area (Å²) in [5.41, 5.74) is 1.16. The molecule has 16 heavy (non-hydrogen) atoms. The van der Waals surface area contributed by atoms with E-state index in [4.69, 9.17) is 4.74 Å². The van der Waals surface area contributed by atoms with Gasteiger partial charge in [-0.3, -0.25) is 4.79 Å². The van der Waals surface area contributed by atoms with Crippen molar-refractivity contribution in [2.45, 2.75) is 19.3 Å². The van der Waals surface area contributed by atoms with Crippen LogP contribution in [0.3, 0.4) is 0 Å². The molecule has 0 amide bonds. The maximum atomic E-state index is 11.3. The first kappa shape index (κ1) is 10.9. The molecule has 0 N–H and O–H groups in total. The molecule has 2 rings (SSSR count). The molecular formula is C12H16N2O2. The van der Waals surface area contributed by atoms with Gasteiger partial charge in [0.2, 0.25) is 0 Å². The lowest BCUT2D eigenvalue weighted by atomic mass is 10.00. The van der Waals surface area contributed by atoms with E-state index in [-0.39, 0.29) is 11.9 Å². The largest absolute Gasteiger partial charge is 0.469 e. The molecule has 2 heterocycles. The number of aromatic nitrogens is 1. The molecule has 4 heteroatoms. The Morgan fingerprint density at radius 1 is 1.69 bits per heavy atom. The van der Waals surface area contributed by atoms with E-state index in [0.717, 1.165) is 24.5 Å². The van der Waals surface area contributed by atoms with Gasteiger partial charge in [-0.25, -0.2) is 4.98 Å². The van der Waals surface area contributed by atoms with Crippen molar-refractivity contribution >= 4 is 11.8 Å². The number of carbonyl (C=O) groups excluding carboxylic acids is 1. The highest BCUT2D eigenvalue weighted by atomic mass is 16.5. The van der Waals surface area contributed by atoms with Crippen molar-refractivity contribution in [1.29, 1.82) is 0 Å². The van der Waals surface area contributed by atoms with E-state index in [1.54, 1.807) is 6.20 Å². The van der Waals surface area contributed by atoms with Crippen molar-refractivity contribution in [3.05, 3.63) is 23.9 Å². The molecule has 0 saturated carbocycles. The first-order chi connectivity index (χ1) is 7.76. The summed E-state index contributed by atoms with van der Waals surface area (Å²) in [5.74, 6) is 1.08. The number of fused-ring (bicyclic) bond motifs is 1. The average molecular weight is 220 g/mol. The Morgan fingerprint density at radius 3 is 3.19 bits per heavy atom. The number of esters is 1. The standard InChI is InChI=1S/C12H16N2O2/c1-3-14-8-9(7-11(15)16-2)10-5-4-6-13-12(10)14/h4-6,9H,3,7-8H2,1-2H3. The van der Waals surface area contributed by atoms with Crippen LogP contribution in [0, 0.1) is 0 Å². The minimum Gasteiger partial charge on any atom is -0.469 e. The molecule has 0 fully saturated rings. The molecule has 0 aromatic carbocycles. The number of anilines is 1. The van der Waals surface area contributed by atoms with Crippen LogP contribution in [0.15, 0.2) is 18.3 Å². The van der Waals surface area contributed by atoms with Crippen LogP contribution in [0.4, 0.5) is 5.82 Å². The summed E-state index contributed by atoms with van der Waals surface area (Å²) in [6.45, 7) is 3.87. The summed E-state index contributed by atoms with van der Waals surface area (Å²) >= 11 is 0. The third-order valence-electron chi connectivity index (χ3n) is 3.02. The normalized spacial score (nSPS) is 18.4. The summed E-state index contributed by atoms with van der Waals surface area (Å²) < 4.78 is 4.72. The van der Waals surface area contributed by atoms with Gasteiger partial charge in [-0.2, -0.15) is 0 Å². The van der Waals surface area contributed by atoms with Gasteiger partial charge in [-0.1, -0.05) is 6.07 Å². The number of rotatable bonds is 3. The number of hydrogen-bond donors (Lipinski definition) is 0. The predicted molar refractivity (Wildman–Crippen MR) is 61.5 cm³/mol. The van der Waals surface area contributed by atoms with E-state index in [1.807, 2.05) is 12.1 Å². The molecule has 1 aromatic heterocycles. The molecule has 1 atom stereocenters. The van der Waals surface area contributed by atoms with Crippen LogP contribution in [0.2, 0.25) is 0 Å². The molecule has 0 aliphatic carbocycles. The van der Waals surface area contributed by atoms with Gasteiger partial charge in [0.05, 0.1) is 13.5 Å². The highest BCUT2D eigenvalue weighted by Crippen LogP contribution is 2.35. The third kappa shape index (κ3) is 1.87. The Kier molecular flexibility index (Phi) is 3.08. The Balaban J connectivity index is 2.22. The fourth-order valence-electron chi connectivity index (χ4n) is 2.18. The van der Waals surface area contributed by atoms with Crippen LogP contribution in [-0.2, 0) is 9.53 Å². The van der Waals surface area contributed by atoms with E-state index in [0.29, 0.717) is 6.42 Å². The molecule has 0 radical (unpaired) electrons. The summed E-state index contributed by atoms with van der Waals surface area (Å²) in [5, 5.41) is 0. The van der Waals surface area contributed by atoms with Gasteiger partial charge in [-0.15, -0.1) is 0 Å². The Hall–Kier alpha value is -1.58. The summed E-state index contributed by atoms with van der Waals surface area (Å²) in [4.78, 5) is 17.9. The zero-order valence-corrected chi connectivity index (χ0v) is 9.64. The number of hydrogen-bond acceptors (Lipinski definition) is 4. The first-order valence-electron chi connectivity index (χ1n) is 5.53. The van der Waals surface area contributed by atoms with Crippen LogP contribution in [0.1, 0.15) is 24.8 Å². The maximum absolute atomic E-state index is 11.3. The highest BCUT2D eigenvalue weighted by Gasteiger charge is 2.30. The molecule has 0 saturated heterocycles. The van der Waals surface area contributed by atoms with E-state index in [2.05, 4.69) is 16.8 Å². The number of carbonyl (C=O) groups is 1. The number of likely N-dealkylation sites (N-methyl/N-ethyl adjacent to an activating group) is 1. The summed E-state index contributed by atoms with van der Waals surface area (Å²) in [6.07, 6.45) is 2.23. The SMILES string of the molecule is CCN1CC(CC(=O)OC)c2cccnc21. The number of ether oxygens (including phenoxy) is 1. The zero-order valence-electron chi connectivity index (χ0n) is 9.64. The first-order valence-corrected chi connectivity index (χ1v) is 5.53. The highest BCUT2D eigenvalue weighted by molar-refractivity contribution is 5.72. The number of nitrogens with zero attached hydrogens (tertiary/aromatic N) is 2. The van der Waals surface area contributed by atoms with Crippen molar-refractivity contribution in [2.24, 2.45) is 0 Å². The van der Waals surface area contributed by atoms with Gasteiger partial charge in [0.15, 0.2) is 0 Å². The van der Waals surface area contributed by atoms with Crippen LogP contribution in [0.25, 0.3) is 0 Å². The van der Waals surface area contributed by atoms with Gasteiger partial charge in [-0.05, 0) is 13.0 Å². The van der Waals surface area contributed by atoms with Gasteiger partial charge in [0, 0.05) is 30.8 Å². The van der Waals surface area contributed by atoms with Crippen LogP contribution in [0.5, 0.6) is 0 Å². The third-order valence-corrected chi connectivity index (χ3v) is 3.02. The number of pyridine rings is 1. The second-order valence-electron chi connectivity index (χ2n) is 3.93. The van der Waals surface area contributed by atoms with E-state index in [9.17, 15) is 4.79 Å². The van der Waals surface area contributed by atoms with Gasteiger partial charge >= 0.3 is 5.97 Å². The van der Waals surface area contributed by atoms with Crippen molar-refractivity contribution in [1.82, 2.24) is 4.98 Å². The molecule has 86 valence electrons. The summed E-state index contributed by atoms with van der Waals surface area (Å²) in [6, 6.07) is 3.97. The molecule has 1 aromatic rings. The van der Waals surface area contributed by atoms with Gasteiger partial charge in [0.25, 0.3) is 0 Å². The van der Waals surface area contributed by atoms with E-state index >= 15 is 0 Å². The maximum Gasteiger partial charge on any atom is 0.306 e. The predicted octanol–water partition coefficient (Wildman–Crippen LogP) is 1.57. The minimum absolute atomic E-state index is 0.155. The molecule has 1 aliphatic heterocycles. The fraction of sp³-hybridized carbons (Fsp3) is 0.500. The van der Waals surface area contributed by atoms with Crippen molar-refractivity contribution in [2.75, 3.05) is 25.1 Å². The fourth-order valence-corrected chi connectivity index (χ4v) is 2.18. The second-order valence-corrected chi connectivity index (χ2v) is 3.93. The zero-order chi connectivity index (χ0) is 11.5. The topological polar surface area (TPSA) is 42.4 Å². The van der Waals surface area contributed by atoms with Crippen molar-refractivity contribution in [3.8, 4) is 0 Å². The molecule has 4 nitrogen and oxygen atoms in total. The molecule has 1 aliphatic rings. The molecule has 0 bridgehead atoms. The molecular weight excluding hydrogens is 204 g/mol. The minimum atomic E-state index is -0.155. The second kappa shape index (κ2) is 4.51. The lowest BCUT2D eigenvalue weighted by molar-refractivity contribution is -0.140. The lowest BCUT2D eigenvalue weighted by Crippen LogP contribution is -2.22. The van der Waals surface area contributed by atoms with Gasteiger partial charge in [0.1, 0.15) is 5.82 Å². The molecule has 0 spiro atoms. The van der Waals surface area contributed by atoms with Crippen LogP contribution < -0.4 is 4.90 Å². The Morgan fingerprint density at radius 2 is 2.50 bits per heavy atom. The van der Waals surface area contributed by atoms with Crippen molar-refractivity contribution < 1.29 is 9.53 Å². The number of methoxy groups -OCH3 is 1. The molecule has 1 unspecified atom stereocenters. The van der Waals surface area contributed by atoms with E-state index in [1.165, 1.54) is 7.11 Å². The summed E-state index contributed by atoms with van der Waals surface area (Å²) in [7, 11) is 1.43. The van der Waals surface area contributed by atoms with E-state index < -0.39 is 0 Å². The Labute approximate surface area is 95.2 Å². The monoisotopic (exact) mass is 220 g/mol. The Bertz CT molecular complexity index is 392. The average Bonchev–Trinajstić information content (AvgIpc) is 2.68. The van der Waals surface area contributed by atoms with Crippen molar-refractivity contribution in [3.63, 3.8) is 0 Å². The smallest absolute Gasteiger partial charge is 0.306 e.